The van der Waals surface area contributed by atoms with Gasteiger partial charge < -0.3 is 10.1 Å². The van der Waals surface area contributed by atoms with Crippen LogP contribution in [0.15, 0.2) is 34.9 Å². The van der Waals surface area contributed by atoms with Gasteiger partial charge in [0.1, 0.15) is 11.6 Å². The van der Waals surface area contributed by atoms with Gasteiger partial charge in [0.25, 0.3) is 0 Å². The minimum atomic E-state index is 0.258. The summed E-state index contributed by atoms with van der Waals surface area (Å²) in [6.45, 7) is 1.94. The van der Waals surface area contributed by atoms with Crippen LogP contribution in [-0.4, -0.2) is 20.1 Å². The van der Waals surface area contributed by atoms with E-state index < -0.39 is 0 Å². The number of H-pyrrole nitrogens is 1. The van der Waals surface area contributed by atoms with Crippen LogP contribution in [0.3, 0.4) is 0 Å². The second kappa shape index (κ2) is 4.10. The van der Waals surface area contributed by atoms with Crippen LogP contribution >= 0.6 is 15.9 Å². The van der Waals surface area contributed by atoms with E-state index >= 15 is 0 Å². The standard InChI is InChI=1S/C13H10BrN3O/c1-7-4-9(18)2-3-10(7)12-16-11-5-8(14)6-15-13(11)17-12/h2-6,18H,1H3,(H,15,16,17). The van der Waals surface area contributed by atoms with Crippen LogP contribution in [0.2, 0.25) is 0 Å². The van der Waals surface area contributed by atoms with Crippen molar-refractivity contribution in [2.75, 3.05) is 0 Å². The molecule has 1 aromatic carbocycles. The number of hydrogen-bond donors (Lipinski definition) is 2. The lowest BCUT2D eigenvalue weighted by atomic mass is 10.1. The number of imidazole rings is 1. The maximum absolute atomic E-state index is 9.41. The molecule has 0 aliphatic heterocycles. The highest BCUT2D eigenvalue weighted by Crippen LogP contribution is 2.26. The van der Waals surface area contributed by atoms with Crippen LogP contribution in [0.1, 0.15) is 5.56 Å². The zero-order valence-corrected chi connectivity index (χ0v) is 11.2. The molecule has 5 heteroatoms. The number of aryl methyl sites for hydroxylation is 1. The first-order valence-electron chi connectivity index (χ1n) is 5.45. The average Bonchev–Trinajstić information content (AvgIpc) is 2.71. The summed E-state index contributed by atoms with van der Waals surface area (Å²) >= 11 is 3.38. The number of phenols is 1. The average molecular weight is 304 g/mol. The van der Waals surface area contributed by atoms with Crippen LogP contribution in [0.4, 0.5) is 0 Å². The van der Waals surface area contributed by atoms with Crippen LogP contribution in [0.5, 0.6) is 5.75 Å². The largest absolute Gasteiger partial charge is 0.508 e. The van der Waals surface area contributed by atoms with Gasteiger partial charge in [0.15, 0.2) is 5.65 Å². The number of nitrogens with zero attached hydrogens (tertiary/aromatic N) is 2. The normalized spacial score (nSPS) is 11.0. The number of fused-ring (bicyclic) bond motifs is 1. The quantitative estimate of drug-likeness (QED) is 0.724. The van der Waals surface area contributed by atoms with Gasteiger partial charge in [0, 0.05) is 16.2 Å². The predicted octanol–water partition coefficient (Wildman–Crippen LogP) is 3.40. The number of aromatic amines is 1. The monoisotopic (exact) mass is 303 g/mol. The zero-order valence-electron chi connectivity index (χ0n) is 9.61. The summed E-state index contributed by atoms with van der Waals surface area (Å²) < 4.78 is 0.910. The van der Waals surface area contributed by atoms with E-state index in [1.807, 2.05) is 19.1 Å². The summed E-state index contributed by atoms with van der Waals surface area (Å²) in [5.41, 5.74) is 3.49. The maximum atomic E-state index is 9.41. The third-order valence-electron chi connectivity index (χ3n) is 2.77. The van der Waals surface area contributed by atoms with E-state index in [9.17, 15) is 5.11 Å². The zero-order chi connectivity index (χ0) is 12.7. The molecule has 3 rings (SSSR count). The van der Waals surface area contributed by atoms with Crippen molar-refractivity contribution in [3.63, 3.8) is 0 Å². The Labute approximate surface area is 112 Å². The summed E-state index contributed by atoms with van der Waals surface area (Å²) in [4.78, 5) is 11.9. The molecule has 0 aliphatic rings. The molecule has 2 heterocycles. The Hall–Kier alpha value is -1.88. The van der Waals surface area contributed by atoms with Crippen molar-refractivity contribution in [3.8, 4) is 17.1 Å². The van der Waals surface area contributed by atoms with Crippen molar-refractivity contribution < 1.29 is 5.11 Å². The molecule has 0 saturated carbocycles. The molecule has 0 saturated heterocycles. The summed E-state index contributed by atoms with van der Waals surface area (Å²) in [7, 11) is 0. The van der Waals surface area contributed by atoms with E-state index in [-0.39, 0.29) is 5.75 Å². The SMILES string of the molecule is Cc1cc(O)ccc1-c1nc2ncc(Br)cc2[nH]1. The number of aromatic nitrogens is 3. The van der Waals surface area contributed by atoms with Crippen LogP contribution < -0.4 is 0 Å². The summed E-state index contributed by atoms with van der Waals surface area (Å²) in [6.07, 6.45) is 1.72. The molecule has 0 fully saturated rings. The molecule has 0 unspecified atom stereocenters. The van der Waals surface area contributed by atoms with E-state index in [4.69, 9.17) is 0 Å². The summed E-state index contributed by atoms with van der Waals surface area (Å²) in [5.74, 6) is 1.02. The molecule has 2 N–H and O–H groups in total. The third-order valence-corrected chi connectivity index (χ3v) is 3.20. The number of pyridine rings is 1. The Balaban J connectivity index is 2.19. The molecule has 0 spiro atoms. The fraction of sp³-hybridized carbons (Fsp3) is 0.0769. The molecule has 90 valence electrons. The lowest BCUT2D eigenvalue weighted by Crippen LogP contribution is -1.84. The van der Waals surface area contributed by atoms with Crippen molar-refractivity contribution in [2.24, 2.45) is 0 Å². The number of hydrogen-bond acceptors (Lipinski definition) is 3. The van der Waals surface area contributed by atoms with Crippen LogP contribution in [0, 0.1) is 6.92 Å². The van der Waals surface area contributed by atoms with Gasteiger partial charge in [-0.25, -0.2) is 9.97 Å². The second-order valence-corrected chi connectivity index (χ2v) is 5.03. The Morgan fingerprint density at radius 3 is 2.89 bits per heavy atom. The Morgan fingerprint density at radius 2 is 2.11 bits per heavy atom. The van der Waals surface area contributed by atoms with Crippen molar-refractivity contribution in [1.29, 1.82) is 0 Å². The van der Waals surface area contributed by atoms with E-state index in [1.54, 1.807) is 18.3 Å². The fourth-order valence-electron chi connectivity index (χ4n) is 1.92. The fourth-order valence-corrected chi connectivity index (χ4v) is 2.25. The number of rotatable bonds is 1. The number of nitrogens with one attached hydrogen (secondary N) is 1. The van der Waals surface area contributed by atoms with E-state index in [0.29, 0.717) is 5.65 Å². The highest BCUT2D eigenvalue weighted by molar-refractivity contribution is 9.10. The van der Waals surface area contributed by atoms with Crippen molar-refractivity contribution in [2.45, 2.75) is 6.92 Å². The minimum Gasteiger partial charge on any atom is -0.508 e. The smallest absolute Gasteiger partial charge is 0.178 e. The van der Waals surface area contributed by atoms with E-state index in [1.165, 1.54) is 0 Å². The number of phenolic OH excluding ortho intramolecular Hbond substituents is 1. The molecule has 0 bridgehead atoms. The molecule has 2 aromatic heterocycles. The molecule has 3 aromatic rings. The number of halogens is 1. The molecule has 18 heavy (non-hydrogen) atoms. The van der Waals surface area contributed by atoms with E-state index in [0.717, 1.165) is 26.9 Å². The van der Waals surface area contributed by atoms with Crippen molar-refractivity contribution in [1.82, 2.24) is 15.0 Å². The van der Waals surface area contributed by atoms with Gasteiger partial charge >= 0.3 is 0 Å². The minimum absolute atomic E-state index is 0.258. The third kappa shape index (κ3) is 1.86. The van der Waals surface area contributed by atoms with Gasteiger partial charge in [-0.1, -0.05) is 0 Å². The number of benzene rings is 1. The topological polar surface area (TPSA) is 61.8 Å². The first-order valence-corrected chi connectivity index (χ1v) is 6.24. The van der Waals surface area contributed by atoms with Crippen LogP contribution in [0.25, 0.3) is 22.6 Å². The van der Waals surface area contributed by atoms with E-state index in [2.05, 4.69) is 30.9 Å². The van der Waals surface area contributed by atoms with Crippen LogP contribution in [-0.2, 0) is 0 Å². The highest BCUT2D eigenvalue weighted by atomic mass is 79.9. The lowest BCUT2D eigenvalue weighted by molar-refractivity contribution is 0.475. The van der Waals surface area contributed by atoms with Gasteiger partial charge in [0.2, 0.25) is 0 Å². The summed E-state index contributed by atoms with van der Waals surface area (Å²) in [5, 5.41) is 9.41. The second-order valence-electron chi connectivity index (χ2n) is 4.11. The molecule has 0 amide bonds. The first-order chi connectivity index (χ1) is 8.63. The molecule has 0 atom stereocenters. The summed E-state index contributed by atoms with van der Waals surface area (Å²) in [6, 6.07) is 7.15. The molecule has 4 nitrogen and oxygen atoms in total. The molecule has 0 aliphatic carbocycles. The Kier molecular flexibility index (Phi) is 2.56. The molecular weight excluding hydrogens is 294 g/mol. The predicted molar refractivity (Wildman–Crippen MR) is 73.4 cm³/mol. The first kappa shape index (κ1) is 11.2. The Morgan fingerprint density at radius 1 is 1.28 bits per heavy atom. The van der Waals surface area contributed by atoms with Crippen molar-refractivity contribution >= 4 is 27.1 Å². The maximum Gasteiger partial charge on any atom is 0.178 e. The number of aromatic hydroxyl groups is 1. The van der Waals surface area contributed by atoms with Gasteiger partial charge in [-0.3, -0.25) is 0 Å². The van der Waals surface area contributed by atoms with Gasteiger partial charge in [-0.05, 0) is 52.7 Å². The van der Waals surface area contributed by atoms with Gasteiger partial charge in [-0.2, -0.15) is 0 Å². The highest BCUT2D eigenvalue weighted by Gasteiger charge is 2.09. The molecule has 0 radical (unpaired) electrons. The van der Waals surface area contributed by atoms with Gasteiger partial charge in [-0.15, -0.1) is 0 Å². The Bertz CT molecular complexity index is 736. The molecular formula is C13H10BrN3O. The lowest BCUT2D eigenvalue weighted by Gasteiger charge is -2.02. The van der Waals surface area contributed by atoms with Crippen molar-refractivity contribution in [3.05, 3.63) is 40.5 Å². The van der Waals surface area contributed by atoms with Gasteiger partial charge in [0.05, 0.1) is 5.52 Å².